The van der Waals surface area contributed by atoms with Gasteiger partial charge in [0.15, 0.2) is 11.5 Å². The molecule has 2 amide bonds. The van der Waals surface area contributed by atoms with Crippen LogP contribution in [-0.2, 0) is 4.79 Å². The Labute approximate surface area is 182 Å². The normalized spacial score (nSPS) is 16.0. The van der Waals surface area contributed by atoms with Gasteiger partial charge in [0, 0.05) is 22.7 Å². The molecule has 0 aliphatic carbocycles. The smallest absolute Gasteiger partial charge is 0.395 e. The van der Waals surface area contributed by atoms with E-state index in [1.807, 2.05) is 0 Å². The van der Waals surface area contributed by atoms with Gasteiger partial charge in [-0.1, -0.05) is 17.7 Å². The minimum atomic E-state index is -3.74. The second kappa shape index (κ2) is 7.27. The van der Waals surface area contributed by atoms with Gasteiger partial charge in [-0.05, 0) is 18.2 Å². The van der Waals surface area contributed by atoms with Crippen molar-refractivity contribution in [2.45, 2.75) is 6.29 Å². The highest BCUT2D eigenvalue weighted by atomic mass is 35.5. The van der Waals surface area contributed by atoms with E-state index in [1.54, 1.807) is 18.2 Å². The molecule has 0 spiro atoms. The summed E-state index contributed by atoms with van der Waals surface area (Å²) in [5.41, 5.74) is 0.979. The van der Waals surface area contributed by atoms with E-state index in [2.05, 4.69) is 40.1 Å². The van der Waals surface area contributed by atoms with Crippen molar-refractivity contribution in [2.24, 2.45) is 9.98 Å². The van der Waals surface area contributed by atoms with Crippen LogP contribution in [0, 0.1) is 0 Å². The fourth-order valence-corrected chi connectivity index (χ4v) is 3.23. The maximum atomic E-state index is 13.2. The van der Waals surface area contributed by atoms with Crippen LogP contribution in [0.15, 0.2) is 46.4 Å². The first-order chi connectivity index (χ1) is 15.3. The van der Waals surface area contributed by atoms with Crippen LogP contribution in [0.1, 0.15) is 10.4 Å². The van der Waals surface area contributed by atoms with E-state index in [0.29, 0.717) is 16.1 Å². The lowest BCUT2D eigenvalue weighted by atomic mass is 10.2. The molecule has 0 unspecified atom stereocenters. The molecule has 0 radical (unpaired) electrons. The van der Waals surface area contributed by atoms with Gasteiger partial charge in [0.05, 0.1) is 17.6 Å². The zero-order chi connectivity index (χ0) is 22.5. The molecule has 2 aliphatic heterocycles. The van der Waals surface area contributed by atoms with Crippen LogP contribution < -0.4 is 20.1 Å². The number of carbonyl (C=O) groups is 2. The number of carbonyl (C=O) groups excluding carboxylic acids is 2. The molecular formula is C19H11ClF2N6O4. The molecule has 3 heterocycles. The third-order valence-electron chi connectivity index (χ3n) is 4.43. The van der Waals surface area contributed by atoms with Gasteiger partial charge in [-0.15, -0.1) is 8.78 Å². The van der Waals surface area contributed by atoms with Crippen LogP contribution in [0.25, 0.3) is 11.0 Å². The molecule has 0 saturated heterocycles. The lowest BCUT2D eigenvalue weighted by Gasteiger charge is -2.04. The highest BCUT2D eigenvalue weighted by molar-refractivity contribution is 6.46. The van der Waals surface area contributed by atoms with E-state index in [1.165, 1.54) is 18.2 Å². The molecule has 2 aromatic carbocycles. The topological polar surface area (TPSA) is 130 Å². The van der Waals surface area contributed by atoms with Crippen LogP contribution >= 0.6 is 11.6 Å². The maximum Gasteiger partial charge on any atom is 0.586 e. The summed E-state index contributed by atoms with van der Waals surface area (Å²) < 4.78 is 35.1. The monoisotopic (exact) mass is 460 g/mol. The number of alkyl halides is 2. The largest absolute Gasteiger partial charge is 0.586 e. The molecule has 0 fully saturated rings. The van der Waals surface area contributed by atoms with Crippen molar-refractivity contribution in [2.75, 3.05) is 11.9 Å². The number of halogens is 3. The fraction of sp³-hybridized carbons (Fsp3) is 0.105. The number of nitrogens with zero attached hydrogens (tertiary/aromatic N) is 3. The van der Waals surface area contributed by atoms with Crippen molar-refractivity contribution >= 4 is 52.1 Å². The lowest BCUT2D eigenvalue weighted by Crippen LogP contribution is -2.29. The number of hydrogen-bond donors (Lipinski definition) is 3. The van der Waals surface area contributed by atoms with E-state index in [4.69, 9.17) is 11.6 Å². The van der Waals surface area contributed by atoms with Crippen molar-refractivity contribution in [1.82, 2.24) is 15.3 Å². The Morgan fingerprint density at radius 2 is 1.88 bits per heavy atom. The first-order valence-electron chi connectivity index (χ1n) is 9.06. The number of rotatable bonds is 3. The number of fused-ring (bicyclic) bond motifs is 2. The van der Waals surface area contributed by atoms with Crippen LogP contribution in [0.4, 0.5) is 14.7 Å². The Balaban J connectivity index is 1.26. The van der Waals surface area contributed by atoms with Crippen LogP contribution in [-0.4, -0.2) is 46.3 Å². The Kier molecular flexibility index (Phi) is 4.51. The fourth-order valence-electron chi connectivity index (χ4n) is 3.03. The summed E-state index contributed by atoms with van der Waals surface area (Å²) in [6.07, 6.45) is -3.74. The third kappa shape index (κ3) is 3.83. The van der Waals surface area contributed by atoms with Gasteiger partial charge in [-0.3, -0.25) is 20.2 Å². The van der Waals surface area contributed by atoms with E-state index in [-0.39, 0.29) is 41.2 Å². The number of anilines is 1. The predicted octanol–water partition coefficient (Wildman–Crippen LogP) is 2.72. The number of aliphatic imine (C=N–C) groups is 2. The SMILES string of the molecule is O=C(Nc1nc2cc3c(cc2[nH]1)OC(F)(F)O3)C1=NC(NC(=O)c2cccc(Cl)c2)=NC1. The Morgan fingerprint density at radius 1 is 1.09 bits per heavy atom. The van der Waals surface area contributed by atoms with Crippen molar-refractivity contribution in [3.05, 3.63) is 47.0 Å². The zero-order valence-corrected chi connectivity index (χ0v) is 16.5. The van der Waals surface area contributed by atoms with E-state index in [0.717, 1.165) is 0 Å². The van der Waals surface area contributed by atoms with Gasteiger partial charge < -0.3 is 14.5 Å². The van der Waals surface area contributed by atoms with Gasteiger partial charge in [0.1, 0.15) is 5.71 Å². The summed E-state index contributed by atoms with van der Waals surface area (Å²) >= 11 is 5.87. The molecule has 32 heavy (non-hydrogen) atoms. The number of nitrogens with one attached hydrogen (secondary N) is 3. The second-order valence-electron chi connectivity index (χ2n) is 6.69. The predicted molar refractivity (Wildman–Crippen MR) is 110 cm³/mol. The number of H-pyrrole nitrogens is 1. The van der Waals surface area contributed by atoms with Crippen molar-refractivity contribution in [1.29, 1.82) is 0 Å². The quantitative estimate of drug-likeness (QED) is 0.553. The van der Waals surface area contributed by atoms with Gasteiger partial charge in [-0.2, -0.15) is 0 Å². The standard InChI is InChI=1S/C19H11ClF2N6O4/c20-9-3-1-2-8(4-9)15(29)27-17-23-7-12(26-17)16(30)28-18-24-10-5-13-14(6-11(10)25-18)32-19(21,22)31-13/h1-6H,7H2,(H,23,27,29)(H2,24,25,28,30). The molecule has 1 aromatic heterocycles. The number of guanidine groups is 1. The minimum Gasteiger partial charge on any atom is -0.395 e. The Hall–Kier alpha value is -4.06. The molecule has 0 atom stereocenters. The molecule has 10 nitrogen and oxygen atoms in total. The summed E-state index contributed by atoms with van der Waals surface area (Å²) in [7, 11) is 0. The Bertz CT molecular complexity index is 1310. The number of amides is 2. The summed E-state index contributed by atoms with van der Waals surface area (Å²) in [5, 5.41) is 5.41. The zero-order valence-electron chi connectivity index (χ0n) is 15.8. The van der Waals surface area contributed by atoms with Crippen LogP contribution in [0.3, 0.4) is 0 Å². The summed E-state index contributed by atoms with van der Waals surface area (Å²) in [4.78, 5) is 39.6. The maximum absolute atomic E-state index is 13.2. The number of benzene rings is 2. The van der Waals surface area contributed by atoms with Crippen LogP contribution in [0.2, 0.25) is 5.02 Å². The first kappa shape index (κ1) is 19.9. The van der Waals surface area contributed by atoms with Gasteiger partial charge in [0.2, 0.25) is 11.9 Å². The van der Waals surface area contributed by atoms with Gasteiger partial charge in [-0.25, -0.2) is 15.0 Å². The minimum absolute atomic E-state index is 0.0172. The van der Waals surface area contributed by atoms with Crippen molar-refractivity contribution < 1.29 is 27.8 Å². The molecule has 13 heteroatoms. The average molecular weight is 461 g/mol. The molecular weight excluding hydrogens is 450 g/mol. The summed E-state index contributed by atoms with van der Waals surface area (Å²) in [6.45, 7) is -0.0533. The van der Waals surface area contributed by atoms with E-state index in [9.17, 15) is 18.4 Å². The number of aromatic nitrogens is 2. The molecule has 162 valence electrons. The van der Waals surface area contributed by atoms with Crippen molar-refractivity contribution in [3.8, 4) is 11.5 Å². The highest BCUT2D eigenvalue weighted by Crippen LogP contribution is 2.42. The molecule has 0 saturated carbocycles. The molecule has 3 aromatic rings. The summed E-state index contributed by atoms with van der Waals surface area (Å²) in [5.74, 6) is -1.36. The average Bonchev–Trinajstić information content (AvgIpc) is 3.41. The van der Waals surface area contributed by atoms with Gasteiger partial charge >= 0.3 is 6.29 Å². The first-order valence-corrected chi connectivity index (χ1v) is 9.43. The van der Waals surface area contributed by atoms with Gasteiger partial charge in [0.25, 0.3) is 11.8 Å². The lowest BCUT2D eigenvalue weighted by molar-refractivity contribution is -0.286. The van der Waals surface area contributed by atoms with Crippen LogP contribution in [0.5, 0.6) is 11.5 Å². The third-order valence-corrected chi connectivity index (χ3v) is 4.67. The van der Waals surface area contributed by atoms with E-state index < -0.39 is 18.1 Å². The number of imidazole rings is 1. The highest BCUT2D eigenvalue weighted by Gasteiger charge is 2.43. The molecule has 0 bridgehead atoms. The summed E-state index contributed by atoms with van der Waals surface area (Å²) in [6, 6.07) is 8.86. The van der Waals surface area contributed by atoms with Crippen molar-refractivity contribution in [3.63, 3.8) is 0 Å². The van der Waals surface area contributed by atoms with E-state index >= 15 is 0 Å². The second-order valence-corrected chi connectivity index (χ2v) is 7.12. The number of ether oxygens (including phenoxy) is 2. The molecule has 2 aliphatic rings. The number of hydrogen-bond acceptors (Lipinski definition) is 7. The molecule has 3 N–H and O–H groups in total. The molecule has 5 rings (SSSR count). The Morgan fingerprint density at radius 3 is 2.66 bits per heavy atom. The number of aromatic amines is 1.